The number of hydrogen-bond donors (Lipinski definition) is 2. The zero-order chi connectivity index (χ0) is 13.1. The molecule has 5 heteroatoms. The first-order valence-electron chi connectivity index (χ1n) is 5.35. The molecular formula is C12H17F2NOS. The van der Waals surface area contributed by atoms with Crippen molar-refractivity contribution in [2.75, 3.05) is 6.61 Å². The number of thioether (sulfide) groups is 1. The molecule has 0 radical (unpaired) electrons. The lowest BCUT2D eigenvalue weighted by molar-refractivity contribution is 0.201. The molecule has 96 valence electrons. The maximum absolute atomic E-state index is 13.4. The molecule has 2 unspecified atom stereocenters. The van der Waals surface area contributed by atoms with Gasteiger partial charge >= 0.3 is 0 Å². The third-order valence-corrected chi connectivity index (χ3v) is 3.49. The molecule has 2 atom stereocenters. The molecule has 0 amide bonds. The van der Waals surface area contributed by atoms with Crippen LogP contribution in [-0.2, 0) is 0 Å². The van der Waals surface area contributed by atoms with Gasteiger partial charge in [0, 0.05) is 21.8 Å². The van der Waals surface area contributed by atoms with Gasteiger partial charge in [-0.05, 0) is 25.5 Å². The Labute approximate surface area is 104 Å². The summed E-state index contributed by atoms with van der Waals surface area (Å²) in [5, 5.41) is 9.08. The van der Waals surface area contributed by atoms with Crippen LogP contribution in [0.5, 0.6) is 0 Å². The van der Waals surface area contributed by atoms with Gasteiger partial charge in [0.2, 0.25) is 0 Å². The molecule has 0 aliphatic heterocycles. The van der Waals surface area contributed by atoms with Crippen LogP contribution in [0.3, 0.4) is 0 Å². The van der Waals surface area contributed by atoms with Crippen LogP contribution in [0.4, 0.5) is 8.78 Å². The minimum atomic E-state index is -0.678. The summed E-state index contributed by atoms with van der Waals surface area (Å²) >= 11 is 1.29. The summed E-state index contributed by atoms with van der Waals surface area (Å²) in [6.07, 6.45) is 0.547. The maximum Gasteiger partial charge on any atom is 0.139 e. The van der Waals surface area contributed by atoms with E-state index in [2.05, 4.69) is 0 Å². The molecule has 17 heavy (non-hydrogen) atoms. The second-order valence-electron chi connectivity index (χ2n) is 4.52. The van der Waals surface area contributed by atoms with Gasteiger partial charge in [-0.2, -0.15) is 0 Å². The van der Waals surface area contributed by atoms with Gasteiger partial charge in [-0.25, -0.2) is 8.78 Å². The molecule has 0 saturated heterocycles. The molecule has 0 fully saturated rings. The molecule has 1 aromatic carbocycles. The Hall–Kier alpha value is -0.650. The standard InChI is InChI=1S/C12H17F2NOS/c1-8(6-12(2,15)7-16)17-11-4-3-9(13)5-10(11)14/h3-5,8,16H,6-7,15H2,1-2H3. The van der Waals surface area contributed by atoms with Crippen molar-refractivity contribution in [3.8, 4) is 0 Å². The topological polar surface area (TPSA) is 46.2 Å². The van der Waals surface area contributed by atoms with Crippen molar-refractivity contribution in [1.29, 1.82) is 0 Å². The largest absolute Gasteiger partial charge is 0.394 e. The lowest BCUT2D eigenvalue weighted by Crippen LogP contribution is -2.42. The van der Waals surface area contributed by atoms with Crippen LogP contribution in [0.15, 0.2) is 23.1 Å². The zero-order valence-corrected chi connectivity index (χ0v) is 10.7. The van der Waals surface area contributed by atoms with E-state index < -0.39 is 17.2 Å². The number of rotatable bonds is 5. The SMILES string of the molecule is CC(CC(C)(N)CO)Sc1ccc(F)cc1F. The number of nitrogens with two attached hydrogens (primary N) is 1. The molecule has 2 nitrogen and oxygen atoms in total. The maximum atomic E-state index is 13.4. The highest BCUT2D eigenvalue weighted by molar-refractivity contribution is 8.00. The molecule has 0 spiro atoms. The molecule has 1 aromatic rings. The fourth-order valence-corrected chi connectivity index (χ4v) is 2.77. The summed E-state index contributed by atoms with van der Waals surface area (Å²) in [5.41, 5.74) is 5.14. The molecule has 0 aromatic heterocycles. The number of hydrogen-bond acceptors (Lipinski definition) is 3. The van der Waals surface area contributed by atoms with E-state index in [1.54, 1.807) is 6.92 Å². The van der Waals surface area contributed by atoms with E-state index in [4.69, 9.17) is 10.8 Å². The lowest BCUT2D eigenvalue weighted by atomic mass is 9.99. The number of aliphatic hydroxyl groups excluding tert-OH is 1. The van der Waals surface area contributed by atoms with Crippen LogP contribution in [0.1, 0.15) is 20.3 Å². The summed E-state index contributed by atoms with van der Waals surface area (Å²) < 4.78 is 26.1. The summed E-state index contributed by atoms with van der Waals surface area (Å²) in [6, 6.07) is 3.51. The first kappa shape index (κ1) is 14.4. The van der Waals surface area contributed by atoms with Crippen molar-refractivity contribution in [2.45, 2.75) is 36.0 Å². The Morgan fingerprint density at radius 1 is 1.47 bits per heavy atom. The minimum Gasteiger partial charge on any atom is -0.394 e. The summed E-state index contributed by atoms with van der Waals surface area (Å²) in [5.74, 6) is -1.15. The molecule has 0 aliphatic carbocycles. The molecule has 0 saturated carbocycles. The van der Waals surface area contributed by atoms with Crippen LogP contribution in [0, 0.1) is 11.6 Å². The smallest absolute Gasteiger partial charge is 0.139 e. The quantitative estimate of drug-likeness (QED) is 0.801. The van der Waals surface area contributed by atoms with Crippen LogP contribution in [0.25, 0.3) is 0 Å². The number of halogens is 2. The molecular weight excluding hydrogens is 244 g/mol. The van der Waals surface area contributed by atoms with Gasteiger partial charge in [-0.3, -0.25) is 0 Å². The zero-order valence-electron chi connectivity index (χ0n) is 9.91. The van der Waals surface area contributed by atoms with Gasteiger partial charge in [0.15, 0.2) is 0 Å². The predicted octanol–water partition coefficient (Wildman–Crippen LogP) is 2.55. The van der Waals surface area contributed by atoms with Gasteiger partial charge in [-0.15, -0.1) is 11.8 Å². The van der Waals surface area contributed by atoms with Gasteiger partial charge in [0.05, 0.1) is 6.61 Å². The van der Waals surface area contributed by atoms with E-state index in [0.717, 1.165) is 6.07 Å². The average Bonchev–Trinajstić information content (AvgIpc) is 2.21. The highest BCUT2D eigenvalue weighted by atomic mass is 32.2. The number of aliphatic hydroxyl groups is 1. The van der Waals surface area contributed by atoms with Crippen molar-refractivity contribution >= 4 is 11.8 Å². The van der Waals surface area contributed by atoms with E-state index >= 15 is 0 Å². The van der Waals surface area contributed by atoms with Gasteiger partial charge < -0.3 is 10.8 Å². The van der Waals surface area contributed by atoms with Crippen molar-refractivity contribution in [2.24, 2.45) is 5.73 Å². The van der Waals surface area contributed by atoms with Crippen LogP contribution < -0.4 is 5.73 Å². The summed E-state index contributed by atoms with van der Waals surface area (Å²) in [7, 11) is 0. The van der Waals surface area contributed by atoms with Crippen LogP contribution in [-0.4, -0.2) is 22.5 Å². The first-order valence-corrected chi connectivity index (χ1v) is 6.23. The summed E-state index contributed by atoms with van der Waals surface area (Å²) in [6.45, 7) is 3.52. The van der Waals surface area contributed by atoms with Crippen LogP contribution >= 0.6 is 11.8 Å². The van der Waals surface area contributed by atoms with Gasteiger partial charge in [0.1, 0.15) is 11.6 Å². The summed E-state index contributed by atoms with van der Waals surface area (Å²) in [4.78, 5) is 0.396. The van der Waals surface area contributed by atoms with Gasteiger partial charge in [0.25, 0.3) is 0 Å². The minimum absolute atomic E-state index is 0.0390. The highest BCUT2D eigenvalue weighted by Gasteiger charge is 2.21. The third kappa shape index (κ3) is 4.61. The predicted molar refractivity (Wildman–Crippen MR) is 66.0 cm³/mol. The van der Waals surface area contributed by atoms with E-state index in [1.807, 2.05) is 6.92 Å². The van der Waals surface area contributed by atoms with Crippen LogP contribution in [0.2, 0.25) is 0 Å². The monoisotopic (exact) mass is 261 g/mol. The second kappa shape index (κ2) is 5.80. The average molecular weight is 261 g/mol. The Balaban J connectivity index is 2.65. The molecule has 0 bridgehead atoms. The van der Waals surface area contributed by atoms with E-state index in [0.29, 0.717) is 11.3 Å². The Kier molecular flexibility index (Phi) is 4.91. The van der Waals surface area contributed by atoms with E-state index in [-0.39, 0.29) is 11.9 Å². The van der Waals surface area contributed by atoms with Crippen molar-refractivity contribution in [3.63, 3.8) is 0 Å². The highest BCUT2D eigenvalue weighted by Crippen LogP contribution is 2.30. The van der Waals surface area contributed by atoms with E-state index in [9.17, 15) is 8.78 Å². The fraction of sp³-hybridized carbons (Fsp3) is 0.500. The lowest BCUT2D eigenvalue weighted by Gasteiger charge is -2.25. The second-order valence-corrected chi connectivity index (χ2v) is 6.00. The van der Waals surface area contributed by atoms with Crippen molar-refractivity contribution in [3.05, 3.63) is 29.8 Å². The molecule has 0 aliphatic rings. The normalized spacial score (nSPS) is 16.6. The molecule has 1 rings (SSSR count). The first-order chi connectivity index (χ1) is 7.84. The Morgan fingerprint density at radius 3 is 2.65 bits per heavy atom. The molecule has 3 N–H and O–H groups in total. The third-order valence-electron chi connectivity index (χ3n) is 2.34. The Morgan fingerprint density at radius 2 is 2.12 bits per heavy atom. The number of benzene rings is 1. The molecule has 0 heterocycles. The van der Waals surface area contributed by atoms with Crippen molar-refractivity contribution < 1.29 is 13.9 Å². The Bertz CT molecular complexity index is 385. The van der Waals surface area contributed by atoms with Gasteiger partial charge in [-0.1, -0.05) is 6.92 Å². The van der Waals surface area contributed by atoms with Crippen molar-refractivity contribution in [1.82, 2.24) is 0 Å². The fourth-order valence-electron chi connectivity index (χ4n) is 1.55. The van der Waals surface area contributed by atoms with E-state index in [1.165, 1.54) is 23.9 Å².